The van der Waals surface area contributed by atoms with Crippen LogP contribution >= 0.6 is 22.9 Å². The topological polar surface area (TPSA) is 70.2 Å². The molecular formula is C21H26ClN3O4S2. The highest BCUT2D eigenvalue weighted by atomic mass is 35.5. The zero-order chi connectivity index (χ0) is 21.8. The molecule has 1 amide bonds. The fourth-order valence-corrected chi connectivity index (χ4v) is 6.80. The first-order valence-electron chi connectivity index (χ1n) is 10.4. The molecule has 7 nitrogen and oxygen atoms in total. The second-order valence-corrected chi connectivity index (χ2v) is 10.9. The van der Waals surface area contributed by atoms with Crippen LogP contribution in [-0.4, -0.2) is 80.9 Å². The van der Waals surface area contributed by atoms with Gasteiger partial charge in [0.25, 0.3) is 5.91 Å². The summed E-state index contributed by atoms with van der Waals surface area (Å²) in [6, 6.07) is 9.36. The van der Waals surface area contributed by atoms with Crippen molar-refractivity contribution in [3.05, 3.63) is 51.2 Å². The molecule has 0 aliphatic carbocycles. The van der Waals surface area contributed by atoms with Crippen LogP contribution in [0.4, 0.5) is 0 Å². The number of hydrogen-bond donors (Lipinski definition) is 0. The predicted molar refractivity (Wildman–Crippen MR) is 121 cm³/mol. The molecule has 1 aromatic heterocycles. The van der Waals surface area contributed by atoms with Gasteiger partial charge in [-0.15, -0.1) is 11.3 Å². The van der Waals surface area contributed by atoms with Crippen molar-refractivity contribution in [2.45, 2.75) is 17.9 Å². The van der Waals surface area contributed by atoms with Crippen LogP contribution in [0.2, 0.25) is 5.02 Å². The van der Waals surface area contributed by atoms with E-state index in [9.17, 15) is 13.2 Å². The van der Waals surface area contributed by atoms with Crippen molar-refractivity contribution in [3.8, 4) is 0 Å². The van der Waals surface area contributed by atoms with Crippen LogP contribution in [0, 0.1) is 0 Å². The van der Waals surface area contributed by atoms with Crippen LogP contribution in [0.1, 0.15) is 21.7 Å². The van der Waals surface area contributed by atoms with E-state index in [1.807, 2.05) is 24.3 Å². The van der Waals surface area contributed by atoms with E-state index in [0.717, 1.165) is 31.1 Å². The Morgan fingerprint density at radius 2 is 1.74 bits per heavy atom. The van der Waals surface area contributed by atoms with Gasteiger partial charge in [0.1, 0.15) is 9.77 Å². The van der Waals surface area contributed by atoms with E-state index in [-0.39, 0.29) is 10.8 Å². The summed E-state index contributed by atoms with van der Waals surface area (Å²) in [5.74, 6) is -0.199. The van der Waals surface area contributed by atoms with Gasteiger partial charge in [0.05, 0.1) is 13.2 Å². The standard InChI is InChI=1S/C21H26ClN3O4S2/c22-18-4-2-17(3-5-18)16-23-7-1-8-24(10-9-23)21(26)20-19(6-15-30-20)31(27,28)25-11-13-29-14-12-25/h2-6,15H,1,7-14,16H2. The molecular weight excluding hydrogens is 458 g/mol. The number of amides is 1. The van der Waals surface area contributed by atoms with Crippen LogP contribution < -0.4 is 0 Å². The van der Waals surface area contributed by atoms with Crippen LogP contribution in [-0.2, 0) is 21.3 Å². The first-order chi connectivity index (χ1) is 14.9. The fourth-order valence-electron chi connectivity index (χ4n) is 3.91. The van der Waals surface area contributed by atoms with E-state index in [2.05, 4.69) is 4.90 Å². The Morgan fingerprint density at radius 1 is 1.00 bits per heavy atom. The Bertz CT molecular complexity index is 1000. The van der Waals surface area contributed by atoms with Crippen molar-refractivity contribution in [1.82, 2.24) is 14.1 Å². The third-order valence-electron chi connectivity index (χ3n) is 5.61. The molecule has 0 saturated carbocycles. The molecule has 1 aromatic carbocycles. The van der Waals surface area contributed by atoms with E-state index >= 15 is 0 Å². The molecule has 2 saturated heterocycles. The number of sulfonamides is 1. The number of rotatable bonds is 5. The number of ether oxygens (including phenoxy) is 1. The van der Waals surface area contributed by atoms with Crippen molar-refractivity contribution >= 4 is 38.9 Å². The van der Waals surface area contributed by atoms with Crippen molar-refractivity contribution in [2.24, 2.45) is 0 Å². The normalized spacial score (nSPS) is 19.3. The van der Waals surface area contributed by atoms with Gasteiger partial charge in [0.15, 0.2) is 0 Å². The first kappa shape index (κ1) is 22.7. The van der Waals surface area contributed by atoms with E-state index in [1.54, 1.807) is 16.3 Å². The number of benzene rings is 1. The summed E-state index contributed by atoms with van der Waals surface area (Å²) in [6.45, 7) is 5.00. The molecule has 2 aromatic rings. The lowest BCUT2D eigenvalue weighted by Gasteiger charge is -2.26. The minimum atomic E-state index is -3.70. The maximum absolute atomic E-state index is 13.3. The van der Waals surface area contributed by atoms with Crippen LogP contribution in [0.25, 0.3) is 0 Å². The number of morpholine rings is 1. The Morgan fingerprint density at radius 3 is 2.48 bits per heavy atom. The maximum Gasteiger partial charge on any atom is 0.265 e. The fraction of sp³-hybridized carbons (Fsp3) is 0.476. The van der Waals surface area contributed by atoms with Gasteiger partial charge in [-0.1, -0.05) is 23.7 Å². The van der Waals surface area contributed by atoms with Gasteiger partial charge in [0, 0.05) is 50.8 Å². The molecule has 31 heavy (non-hydrogen) atoms. The molecule has 0 atom stereocenters. The third-order valence-corrected chi connectivity index (χ3v) is 8.83. The number of halogens is 1. The van der Waals surface area contributed by atoms with Gasteiger partial charge in [-0.25, -0.2) is 8.42 Å². The molecule has 2 fully saturated rings. The summed E-state index contributed by atoms with van der Waals surface area (Å²) in [5, 5.41) is 2.40. The second-order valence-electron chi connectivity index (χ2n) is 7.68. The highest BCUT2D eigenvalue weighted by molar-refractivity contribution is 7.89. The highest BCUT2D eigenvalue weighted by Crippen LogP contribution is 2.27. The molecule has 3 heterocycles. The molecule has 0 N–H and O–H groups in total. The van der Waals surface area contributed by atoms with Crippen molar-refractivity contribution in [2.75, 3.05) is 52.5 Å². The highest BCUT2D eigenvalue weighted by Gasteiger charge is 2.33. The lowest BCUT2D eigenvalue weighted by atomic mass is 10.2. The van der Waals surface area contributed by atoms with Gasteiger partial charge in [-0.05, 0) is 35.6 Å². The number of hydrogen-bond acceptors (Lipinski definition) is 6. The molecule has 2 aliphatic rings. The van der Waals surface area contributed by atoms with E-state index in [0.29, 0.717) is 44.3 Å². The predicted octanol–water partition coefficient (Wildman–Crippen LogP) is 2.77. The summed E-state index contributed by atoms with van der Waals surface area (Å²) in [4.78, 5) is 17.8. The van der Waals surface area contributed by atoms with Gasteiger partial charge in [-0.2, -0.15) is 4.31 Å². The minimum absolute atomic E-state index is 0.117. The Balaban J connectivity index is 1.43. The van der Waals surface area contributed by atoms with Gasteiger partial charge in [-0.3, -0.25) is 9.69 Å². The third kappa shape index (κ3) is 5.30. The molecule has 0 bridgehead atoms. The molecule has 0 radical (unpaired) electrons. The minimum Gasteiger partial charge on any atom is -0.379 e. The monoisotopic (exact) mass is 483 g/mol. The van der Waals surface area contributed by atoms with Crippen molar-refractivity contribution in [1.29, 1.82) is 0 Å². The second kappa shape index (κ2) is 9.97. The average Bonchev–Trinajstić information content (AvgIpc) is 3.17. The number of carbonyl (C=O) groups is 1. The van der Waals surface area contributed by atoms with Crippen molar-refractivity contribution < 1.29 is 17.9 Å². The Hall–Kier alpha value is -1.49. The van der Waals surface area contributed by atoms with Crippen LogP contribution in [0.3, 0.4) is 0 Å². The largest absolute Gasteiger partial charge is 0.379 e. The molecule has 168 valence electrons. The van der Waals surface area contributed by atoms with E-state index in [4.69, 9.17) is 16.3 Å². The van der Waals surface area contributed by atoms with Crippen LogP contribution in [0.5, 0.6) is 0 Å². The summed E-state index contributed by atoms with van der Waals surface area (Å²) in [5.41, 5.74) is 1.18. The van der Waals surface area contributed by atoms with Crippen molar-refractivity contribution in [3.63, 3.8) is 0 Å². The quantitative estimate of drug-likeness (QED) is 0.654. The van der Waals surface area contributed by atoms with Gasteiger partial charge in [0.2, 0.25) is 10.0 Å². The number of nitrogens with zero attached hydrogens (tertiary/aromatic N) is 3. The maximum atomic E-state index is 13.3. The zero-order valence-corrected chi connectivity index (χ0v) is 19.6. The summed E-state index contributed by atoms with van der Waals surface area (Å²) in [6.07, 6.45) is 0.844. The Kier molecular flexibility index (Phi) is 7.30. The first-order valence-corrected chi connectivity index (χ1v) is 13.1. The smallest absolute Gasteiger partial charge is 0.265 e. The van der Waals surface area contributed by atoms with Gasteiger partial charge < -0.3 is 9.64 Å². The Labute approximate surface area is 192 Å². The summed E-state index contributed by atoms with van der Waals surface area (Å²) < 4.78 is 32.9. The average molecular weight is 484 g/mol. The lowest BCUT2D eigenvalue weighted by Crippen LogP contribution is -2.41. The zero-order valence-electron chi connectivity index (χ0n) is 17.2. The lowest BCUT2D eigenvalue weighted by molar-refractivity contribution is 0.0726. The molecule has 2 aliphatic heterocycles. The van der Waals surface area contributed by atoms with Crippen LogP contribution in [0.15, 0.2) is 40.6 Å². The SMILES string of the molecule is O=C(c1sccc1S(=O)(=O)N1CCOCC1)N1CCCN(Cc2ccc(Cl)cc2)CC1. The van der Waals surface area contributed by atoms with E-state index in [1.165, 1.54) is 21.2 Å². The number of thiophene rings is 1. The van der Waals surface area contributed by atoms with E-state index < -0.39 is 10.0 Å². The molecule has 4 rings (SSSR count). The molecule has 10 heteroatoms. The molecule has 0 unspecified atom stereocenters. The summed E-state index contributed by atoms with van der Waals surface area (Å²) >= 11 is 7.17. The summed E-state index contributed by atoms with van der Waals surface area (Å²) in [7, 11) is -3.70. The molecule has 0 spiro atoms. The number of carbonyl (C=O) groups excluding carboxylic acids is 1. The van der Waals surface area contributed by atoms with Gasteiger partial charge >= 0.3 is 0 Å².